The Kier molecular flexibility index (Phi) is 5.28. The Morgan fingerprint density at radius 1 is 1.24 bits per heavy atom. The van der Waals surface area contributed by atoms with Crippen molar-refractivity contribution in [1.29, 1.82) is 0 Å². The van der Waals surface area contributed by atoms with Crippen molar-refractivity contribution in [2.75, 3.05) is 0 Å². The van der Waals surface area contributed by atoms with Crippen molar-refractivity contribution >= 4 is 0 Å². The van der Waals surface area contributed by atoms with Crippen molar-refractivity contribution in [1.82, 2.24) is 10.3 Å². The molecule has 0 unspecified atom stereocenters. The van der Waals surface area contributed by atoms with Crippen molar-refractivity contribution in [3.8, 4) is 5.75 Å². The van der Waals surface area contributed by atoms with Gasteiger partial charge in [-0.3, -0.25) is 4.98 Å². The first kappa shape index (κ1) is 15.4. The zero-order valence-corrected chi connectivity index (χ0v) is 12.7. The highest BCUT2D eigenvalue weighted by molar-refractivity contribution is 5.34. The molecule has 0 aliphatic rings. The molecule has 1 heterocycles. The van der Waals surface area contributed by atoms with Gasteiger partial charge in [-0.15, -0.1) is 0 Å². The molecule has 4 heteroatoms. The fraction of sp³-hybridized carbons (Fsp3) is 0.353. The van der Waals surface area contributed by atoms with E-state index in [4.69, 9.17) is 4.74 Å². The van der Waals surface area contributed by atoms with Crippen molar-refractivity contribution in [2.24, 2.45) is 0 Å². The summed E-state index contributed by atoms with van der Waals surface area (Å²) in [5.74, 6) is 0.450. The fourth-order valence-corrected chi connectivity index (χ4v) is 2.00. The van der Waals surface area contributed by atoms with Gasteiger partial charge >= 0.3 is 0 Å². The third kappa shape index (κ3) is 4.83. The molecule has 0 aliphatic heterocycles. The SMILES string of the molecule is Cc1cncc(COc2ccc(F)cc2CNC(C)C)c1. The summed E-state index contributed by atoms with van der Waals surface area (Å²) in [7, 11) is 0. The Morgan fingerprint density at radius 3 is 2.76 bits per heavy atom. The fourth-order valence-electron chi connectivity index (χ4n) is 2.00. The Hall–Kier alpha value is -1.94. The van der Waals surface area contributed by atoms with E-state index in [0.29, 0.717) is 24.9 Å². The summed E-state index contributed by atoms with van der Waals surface area (Å²) in [5, 5.41) is 3.28. The predicted octanol–water partition coefficient (Wildman–Crippen LogP) is 3.61. The normalized spacial score (nSPS) is 10.9. The van der Waals surface area contributed by atoms with E-state index in [2.05, 4.69) is 24.1 Å². The van der Waals surface area contributed by atoms with Gasteiger partial charge in [0.05, 0.1) is 0 Å². The molecule has 21 heavy (non-hydrogen) atoms. The standard InChI is InChI=1S/C17H21FN2O/c1-12(2)20-10-15-7-16(18)4-5-17(15)21-11-14-6-13(3)8-19-9-14/h4-9,12,20H,10-11H2,1-3H3. The number of benzene rings is 1. The van der Waals surface area contributed by atoms with E-state index < -0.39 is 0 Å². The van der Waals surface area contributed by atoms with E-state index in [0.717, 1.165) is 16.7 Å². The number of hydrogen-bond donors (Lipinski definition) is 1. The van der Waals surface area contributed by atoms with Crippen molar-refractivity contribution in [2.45, 2.75) is 40.0 Å². The average Bonchev–Trinajstić information content (AvgIpc) is 2.44. The Morgan fingerprint density at radius 2 is 2.05 bits per heavy atom. The summed E-state index contributed by atoms with van der Waals surface area (Å²) in [6.45, 7) is 7.11. The molecule has 0 atom stereocenters. The van der Waals surface area contributed by atoms with Crippen LogP contribution >= 0.6 is 0 Å². The first-order chi connectivity index (χ1) is 10.0. The molecule has 0 saturated carbocycles. The highest BCUT2D eigenvalue weighted by atomic mass is 19.1. The lowest BCUT2D eigenvalue weighted by molar-refractivity contribution is 0.300. The minimum Gasteiger partial charge on any atom is -0.489 e. The van der Waals surface area contributed by atoms with Crippen LogP contribution in [-0.4, -0.2) is 11.0 Å². The Labute approximate surface area is 125 Å². The van der Waals surface area contributed by atoms with Gasteiger partial charge in [-0.2, -0.15) is 0 Å². The van der Waals surface area contributed by atoms with E-state index in [-0.39, 0.29) is 5.82 Å². The van der Waals surface area contributed by atoms with Gasteiger partial charge in [-0.1, -0.05) is 13.8 Å². The third-order valence-electron chi connectivity index (χ3n) is 3.05. The van der Waals surface area contributed by atoms with Gasteiger partial charge in [0.25, 0.3) is 0 Å². The Bertz CT molecular complexity index is 599. The molecule has 1 aromatic carbocycles. The van der Waals surface area contributed by atoms with Crippen LogP contribution in [0.2, 0.25) is 0 Å². The van der Waals surface area contributed by atoms with E-state index in [1.807, 2.05) is 13.0 Å². The monoisotopic (exact) mass is 288 g/mol. The number of rotatable bonds is 6. The second-order valence-electron chi connectivity index (χ2n) is 5.45. The summed E-state index contributed by atoms with van der Waals surface area (Å²) in [4.78, 5) is 4.14. The van der Waals surface area contributed by atoms with E-state index >= 15 is 0 Å². The van der Waals surface area contributed by atoms with Gasteiger partial charge in [0, 0.05) is 36.1 Å². The molecule has 0 radical (unpaired) electrons. The van der Waals surface area contributed by atoms with Crippen LogP contribution in [0, 0.1) is 12.7 Å². The largest absolute Gasteiger partial charge is 0.489 e. The maximum absolute atomic E-state index is 13.4. The predicted molar refractivity (Wildman–Crippen MR) is 81.7 cm³/mol. The summed E-state index contributed by atoms with van der Waals surface area (Å²) < 4.78 is 19.2. The molecule has 3 nitrogen and oxygen atoms in total. The van der Waals surface area contributed by atoms with Crippen molar-refractivity contribution < 1.29 is 9.13 Å². The number of pyridine rings is 1. The van der Waals surface area contributed by atoms with Crippen LogP contribution in [0.5, 0.6) is 5.75 Å². The summed E-state index contributed by atoms with van der Waals surface area (Å²) in [5.41, 5.74) is 2.92. The molecule has 0 saturated heterocycles. The first-order valence-electron chi connectivity index (χ1n) is 7.09. The maximum Gasteiger partial charge on any atom is 0.124 e. The molecular formula is C17H21FN2O. The van der Waals surface area contributed by atoms with Gasteiger partial charge < -0.3 is 10.1 Å². The zero-order valence-electron chi connectivity index (χ0n) is 12.7. The topological polar surface area (TPSA) is 34.1 Å². The number of nitrogens with zero attached hydrogens (tertiary/aromatic N) is 1. The summed E-state index contributed by atoms with van der Waals surface area (Å²) in [6, 6.07) is 6.97. The van der Waals surface area contributed by atoms with Gasteiger partial charge in [-0.25, -0.2) is 4.39 Å². The smallest absolute Gasteiger partial charge is 0.124 e. The van der Waals surface area contributed by atoms with Crippen LogP contribution in [0.1, 0.15) is 30.5 Å². The molecule has 0 bridgehead atoms. The van der Waals surface area contributed by atoms with Gasteiger partial charge in [0.1, 0.15) is 18.2 Å². The minimum atomic E-state index is -0.250. The lowest BCUT2D eigenvalue weighted by atomic mass is 10.2. The van der Waals surface area contributed by atoms with E-state index in [1.165, 1.54) is 12.1 Å². The highest BCUT2D eigenvalue weighted by Gasteiger charge is 2.07. The molecular weight excluding hydrogens is 267 g/mol. The van der Waals surface area contributed by atoms with Crippen LogP contribution in [0.15, 0.2) is 36.7 Å². The van der Waals surface area contributed by atoms with Gasteiger partial charge in [0.2, 0.25) is 0 Å². The average molecular weight is 288 g/mol. The molecule has 0 aliphatic carbocycles. The van der Waals surface area contributed by atoms with Crippen LogP contribution in [-0.2, 0) is 13.2 Å². The second-order valence-corrected chi connectivity index (χ2v) is 5.45. The zero-order chi connectivity index (χ0) is 15.2. The Balaban J connectivity index is 2.08. The number of ether oxygens (including phenoxy) is 1. The van der Waals surface area contributed by atoms with Crippen molar-refractivity contribution in [3.63, 3.8) is 0 Å². The van der Waals surface area contributed by atoms with Crippen LogP contribution < -0.4 is 10.1 Å². The first-order valence-corrected chi connectivity index (χ1v) is 7.09. The lowest BCUT2D eigenvalue weighted by Gasteiger charge is -2.14. The van der Waals surface area contributed by atoms with Crippen LogP contribution in [0.25, 0.3) is 0 Å². The molecule has 112 valence electrons. The maximum atomic E-state index is 13.4. The van der Waals surface area contributed by atoms with Gasteiger partial charge in [-0.05, 0) is 36.8 Å². The highest BCUT2D eigenvalue weighted by Crippen LogP contribution is 2.21. The number of halogens is 1. The van der Waals surface area contributed by atoms with Crippen LogP contribution in [0.4, 0.5) is 4.39 Å². The quantitative estimate of drug-likeness (QED) is 0.881. The molecule has 2 rings (SSSR count). The number of aromatic nitrogens is 1. The molecule has 0 spiro atoms. The van der Waals surface area contributed by atoms with E-state index in [9.17, 15) is 4.39 Å². The third-order valence-corrected chi connectivity index (χ3v) is 3.05. The van der Waals surface area contributed by atoms with Gasteiger partial charge in [0.15, 0.2) is 0 Å². The molecule has 1 aromatic heterocycles. The molecule has 1 N–H and O–H groups in total. The minimum absolute atomic E-state index is 0.250. The van der Waals surface area contributed by atoms with Crippen molar-refractivity contribution in [3.05, 3.63) is 59.2 Å². The second kappa shape index (κ2) is 7.18. The molecule has 0 fully saturated rings. The lowest BCUT2D eigenvalue weighted by Crippen LogP contribution is -2.22. The van der Waals surface area contributed by atoms with E-state index in [1.54, 1.807) is 18.5 Å². The number of nitrogens with one attached hydrogen (secondary N) is 1. The molecule has 0 amide bonds. The summed E-state index contributed by atoms with van der Waals surface area (Å²) >= 11 is 0. The molecule has 2 aromatic rings. The number of aryl methyl sites for hydroxylation is 1. The van der Waals surface area contributed by atoms with Crippen LogP contribution in [0.3, 0.4) is 0 Å². The number of hydrogen-bond acceptors (Lipinski definition) is 3. The summed E-state index contributed by atoms with van der Waals surface area (Å²) in [6.07, 6.45) is 3.59.